The molecule has 0 aliphatic rings. The molecule has 0 bridgehead atoms. The van der Waals surface area contributed by atoms with Crippen molar-refractivity contribution in [1.82, 2.24) is 0 Å². The Morgan fingerprint density at radius 3 is 2.63 bits per heavy atom. The van der Waals surface area contributed by atoms with Gasteiger partial charge in [-0.3, -0.25) is 4.79 Å². The van der Waals surface area contributed by atoms with Crippen molar-refractivity contribution in [3.63, 3.8) is 0 Å². The van der Waals surface area contributed by atoms with Crippen LogP contribution in [0.5, 0.6) is 5.75 Å². The SMILES string of the molecule is CC(=O)Cc1c(C)c2cc(F)c(O)c(F)c2oc1=O. The van der Waals surface area contributed by atoms with Crippen molar-refractivity contribution in [3.05, 3.63) is 39.2 Å². The maximum atomic E-state index is 13.6. The Morgan fingerprint density at radius 1 is 1.42 bits per heavy atom. The molecule has 0 aliphatic carbocycles. The average Bonchev–Trinajstić information content (AvgIpc) is 2.33. The molecule has 0 saturated heterocycles. The van der Waals surface area contributed by atoms with Gasteiger partial charge in [0.2, 0.25) is 5.82 Å². The molecule has 2 aromatic rings. The first-order valence-electron chi connectivity index (χ1n) is 5.45. The lowest BCUT2D eigenvalue weighted by atomic mass is 10.0. The number of phenolic OH excluding ortho intramolecular Hbond substituents is 1. The molecule has 100 valence electrons. The van der Waals surface area contributed by atoms with Gasteiger partial charge in [0.15, 0.2) is 17.1 Å². The topological polar surface area (TPSA) is 67.5 Å². The van der Waals surface area contributed by atoms with Gasteiger partial charge in [-0.1, -0.05) is 0 Å². The van der Waals surface area contributed by atoms with E-state index in [-0.39, 0.29) is 28.7 Å². The summed E-state index contributed by atoms with van der Waals surface area (Å²) in [7, 11) is 0. The molecule has 0 aliphatic heterocycles. The van der Waals surface area contributed by atoms with Crippen LogP contribution in [0.25, 0.3) is 11.0 Å². The first-order chi connectivity index (χ1) is 8.82. The number of fused-ring (bicyclic) bond motifs is 1. The number of carbonyl (C=O) groups excluding carboxylic acids is 1. The molecule has 0 amide bonds. The van der Waals surface area contributed by atoms with E-state index >= 15 is 0 Å². The van der Waals surface area contributed by atoms with Gasteiger partial charge in [0.1, 0.15) is 5.78 Å². The van der Waals surface area contributed by atoms with Crippen molar-refractivity contribution in [1.29, 1.82) is 0 Å². The van der Waals surface area contributed by atoms with Gasteiger partial charge in [0.25, 0.3) is 0 Å². The predicted molar refractivity (Wildman–Crippen MR) is 63.2 cm³/mol. The highest BCUT2D eigenvalue weighted by Crippen LogP contribution is 2.30. The quantitative estimate of drug-likeness (QED) is 0.848. The van der Waals surface area contributed by atoms with Crippen molar-refractivity contribution in [3.8, 4) is 5.75 Å². The van der Waals surface area contributed by atoms with Crippen LogP contribution in [-0.4, -0.2) is 10.9 Å². The van der Waals surface area contributed by atoms with Crippen molar-refractivity contribution in [2.45, 2.75) is 20.3 Å². The molecule has 6 heteroatoms. The third kappa shape index (κ3) is 2.09. The molecule has 4 nitrogen and oxygen atoms in total. The number of hydrogen-bond acceptors (Lipinski definition) is 4. The summed E-state index contributed by atoms with van der Waals surface area (Å²) in [6.45, 7) is 2.76. The highest BCUT2D eigenvalue weighted by Gasteiger charge is 2.20. The zero-order valence-electron chi connectivity index (χ0n) is 10.2. The molecule has 1 aromatic heterocycles. The molecule has 1 heterocycles. The second-order valence-electron chi connectivity index (χ2n) is 4.27. The standard InChI is InChI=1S/C13H10F2O4/c1-5(16)3-8-6(2)7-4-9(14)11(17)10(15)12(7)19-13(8)18/h4,17H,3H2,1-2H3. The molecule has 0 fully saturated rings. The summed E-state index contributed by atoms with van der Waals surface area (Å²) in [6, 6.07) is 0.871. The molecular formula is C13H10F2O4. The lowest BCUT2D eigenvalue weighted by Gasteiger charge is -2.08. The first kappa shape index (κ1) is 13.2. The fourth-order valence-corrected chi connectivity index (χ4v) is 1.89. The summed E-state index contributed by atoms with van der Waals surface area (Å²) in [6.07, 6.45) is -0.172. The van der Waals surface area contributed by atoms with Crippen LogP contribution in [0.4, 0.5) is 8.78 Å². The number of hydrogen-bond donors (Lipinski definition) is 1. The number of rotatable bonds is 2. The van der Waals surface area contributed by atoms with Gasteiger partial charge < -0.3 is 9.52 Å². The molecule has 0 atom stereocenters. The van der Waals surface area contributed by atoms with Gasteiger partial charge in [-0.2, -0.15) is 4.39 Å². The number of Topliss-reactive ketones (excluding diaryl/α,β-unsaturated/α-hetero) is 1. The molecule has 19 heavy (non-hydrogen) atoms. The summed E-state index contributed by atoms with van der Waals surface area (Å²) < 4.78 is 31.7. The summed E-state index contributed by atoms with van der Waals surface area (Å²) in [4.78, 5) is 22.7. The minimum Gasteiger partial charge on any atom is -0.503 e. The van der Waals surface area contributed by atoms with E-state index in [1.54, 1.807) is 0 Å². The van der Waals surface area contributed by atoms with Crippen LogP contribution in [0.15, 0.2) is 15.3 Å². The Labute approximate surface area is 106 Å². The maximum absolute atomic E-state index is 13.6. The van der Waals surface area contributed by atoms with Crippen LogP contribution in [-0.2, 0) is 11.2 Å². The Bertz CT molecular complexity index is 747. The Morgan fingerprint density at radius 2 is 2.05 bits per heavy atom. The largest absolute Gasteiger partial charge is 0.503 e. The number of benzene rings is 1. The summed E-state index contributed by atoms with van der Waals surface area (Å²) in [5.74, 6) is -3.95. The molecule has 0 unspecified atom stereocenters. The molecule has 0 radical (unpaired) electrons. The summed E-state index contributed by atoms with van der Waals surface area (Å²) in [5, 5.41) is 9.15. The van der Waals surface area contributed by atoms with Crippen LogP contribution in [0, 0.1) is 18.6 Å². The zero-order chi connectivity index (χ0) is 14.3. The van der Waals surface area contributed by atoms with E-state index in [2.05, 4.69) is 0 Å². The Kier molecular flexibility index (Phi) is 3.09. The van der Waals surface area contributed by atoms with Crippen LogP contribution >= 0.6 is 0 Å². The molecule has 1 aromatic carbocycles. The molecule has 2 rings (SSSR count). The fourth-order valence-electron chi connectivity index (χ4n) is 1.89. The van der Waals surface area contributed by atoms with Gasteiger partial charge in [0, 0.05) is 17.4 Å². The van der Waals surface area contributed by atoms with E-state index in [0.717, 1.165) is 6.07 Å². The van der Waals surface area contributed by atoms with Crippen LogP contribution in [0.3, 0.4) is 0 Å². The maximum Gasteiger partial charge on any atom is 0.340 e. The average molecular weight is 268 g/mol. The highest BCUT2D eigenvalue weighted by atomic mass is 19.1. The van der Waals surface area contributed by atoms with E-state index in [1.807, 2.05) is 0 Å². The van der Waals surface area contributed by atoms with E-state index < -0.39 is 28.6 Å². The number of ketones is 1. The second kappa shape index (κ2) is 4.46. The van der Waals surface area contributed by atoms with Crippen LogP contribution < -0.4 is 5.63 Å². The van der Waals surface area contributed by atoms with Crippen LogP contribution in [0.1, 0.15) is 18.1 Å². The zero-order valence-corrected chi connectivity index (χ0v) is 10.2. The van der Waals surface area contributed by atoms with Crippen molar-refractivity contribution < 1.29 is 23.1 Å². The molecule has 0 spiro atoms. The highest BCUT2D eigenvalue weighted by molar-refractivity contribution is 5.85. The molecular weight excluding hydrogens is 258 g/mol. The third-order valence-corrected chi connectivity index (χ3v) is 2.87. The number of phenols is 1. The lowest BCUT2D eigenvalue weighted by Crippen LogP contribution is -2.14. The number of aryl methyl sites for hydroxylation is 1. The van der Waals surface area contributed by atoms with Crippen LogP contribution in [0.2, 0.25) is 0 Å². The number of aromatic hydroxyl groups is 1. The number of carbonyl (C=O) groups is 1. The second-order valence-corrected chi connectivity index (χ2v) is 4.27. The van der Waals surface area contributed by atoms with E-state index in [1.165, 1.54) is 13.8 Å². The first-order valence-corrected chi connectivity index (χ1v) is 5.45. The van der Waals surface area contributed by atoms with Crippen molar-refractivity contribution in [2.75, 3.05) is 0 Å². The molecule has 1 N–H and O–H groups in total. The number of halogens is 2. The normalized spacial score (nSPS) is 10.9. The smallest absolute Gasteiger partial charge is 0.340 e. The van der Waals surface area contributed by atoms with E-state index in [9.17, 15) is 18.4 Å². The van der Waals surface area contributed by atoms with E-state index in [0.29, 0.717) is 0 Å². The van der Waals surface area contributed by atoms with Gasteiger partial charge in [0.05, 0.1) is 0 Å². The summed E-state index contributed by atoms with van der Waals surface area (Å²) >= 11 is 0. The monoisotopic (exact) mass is 268 g/mol. The van der Waals surface area contributed by atoms with Gasteiger partial charge in [-0.15, -0.1) is 0 Å². The van der Waals surface area contributed by atoms with Gasteiger partial charge >= 0.3 is 5.63 Å². The fraction of sp³-hybridized carbons (Fsp3) is 0.231. The molecule has 0 saturated carbocycles. The minimum atomic E-state index is -1.33. The summed E-state index contributed by atoms with van der Waals surface area (Å²) in [5.41, 5.74) is -1.07. The minimum absolute atomic E-state index is 0.0173. The van der Waals surface area contributed by atoms with Gasteiger partial charge in [-0.25, -0.2) is 9.18 Å². The lowest BCUT2D eigenvalue weighted by molar-refractivity contribution is -0.116. The Hall–Kier alpha value is -2.24. The third-order valence-electron chi connectivity index (χ3n) is 2.87. The van der Waals surface area contributed by atoms with E-state index in [4.69, 9.17) is 9.52 Å². The van der Waals surface area contributed by atoms with Gasteiger partial charge in [-0.05, 0) is 25.5 Å². The van der Waals surface area contributed by atoms with Crippen molar-refractivity contribution in [2.24, 2.45) is 0 Å². The Balaban J connectivity index is 2.89. The predicted octanol–water partition coefficient (Wildman–Crippen LogP) is 2.22. The van der Waals surface area contributed by atoms with Crippen molar-refractivity contribution >= 4 is 16.8 Å².